The van der Waals surface area contributed by atoms with Crippen molar-refractivity contribution in [2.24, 2.45) is 5.73 Å². The normalized spacial score (nSPS) is 10.5. The molecule has 0 aliphatic carbocycles. The first kappa shape index (κ1) is 10.1. The van der Waals surface area contributed by atoms with Crippen molar-refractivity contribution >= 4 is 11.8 Å². The molecule has 0 aromatic carbocycles. The zero-order valence-corrected chi connectivity index (χ0v) is 9.08. The maximum absolute atomic E-state index is 5.59. The molecular weight excluding hydrogens is 210 g/mol. The number of hydrogen-bond donors (Lipinski definition) is 2. The lowest BCUT2D eigenvalue weighted by molar-refractivity contribution is 0.953. The first-order chi connectivity index (χ1) is 7.28. The quantitative estimate of drug-likeness (QED) is 0.811. The first-order valence-corrected chi connectivity index (χ1v) is 5.30. The monoisotopic (exact) mass is 221 g/mol. The highest BCUT2D eigenvalue weighted by molar-refractivity contribution is 7.99. The van der Waals surface area contributed by atoms with Crippen LogP contribution in [-0.2, 0) is 6.54 Å². The Morgan fingerprint density at radius 3 is 3.00 bits per heavy atom. The van der Waals surface area contributed by atoms with Gasteiger partial charge in [0.2, 0.25) is 0 Å². The standard InChI is InChI=1S/C9H11N5S/c1-6-2-7(4-10)3-8(13-6)15-9-11-5-12-14-9/h2-3,5H,4,10H2,1H3,(H,11,12,14). The molecule has 0 saturated carbocycles. The molecule has 0 saturated heterocycles. The third-order valence-electron chi connectivity index (χ3n) is 1.82. The molecule has 2 heterocycles. The molecule has 0 unspecified atom stereocenters. The molecule has 0 aliphatic rings. The summed E-state index contributed by atoms with van der Waals surface area (Å²) in [4.78, 5) is 8.40. The Morgan fingerprint density at radius 1 is 1.47 bits per heavy atom. The van der Waals surface area contributed by atoms with Gasteiger partial charge in [0, 0.05) is 12.2 Å². The van der Waals surface area contributed by atoms with E-state index in [1.807, 2.05) is 19.1 Å². The number of rotatable bonds is 3. The highest BCUT2D eigenvalue weighted by Gasteiger charge is 2.03. The van der Waals surface area contributed by atoms with Crippen molar-refractivity contribution in [3.63, 3.8) is 0 Å². The molecule has 15 heavy (non-hydrogen) atoms. The molecular formula is C9H11N5S. The lowest BCUT2D eigenvalue weighted by atomic mass is 10.2. The van der Waals surface area contributed by atoms with E-state index in [1.165, 1.54) is 18.1 Å². The summed E-state index contributed by atoms with van der Waals surface area (Å²) >= 11 is 1.44. The zero-order valence-electron chi connectivity index (χ0n) is 8.27. The van der Waals surface area contributed by atoms with Gasteiger partial charge in [-0.2, -0.15) is 5.10 Å². The van der Waals surface area contributed by atoms with Gasteiger partial charge in [-0.1, -0.05) is 0 Å². The average molecular weight is 221 g/mol. The van der Waals surface area contributed by atoms with Crippen LogP contribution in [0, 0.1) is 6.92 Å². The van der Waals surface area contributed by atoms with E-state index in [-0.39, 0.29) is 0 Å². The summed E-state index contributed by atoms with van der Waals surface area (Å²) in [5.41, 5.74) is 7.62. The van der Waals surface area contributed by atoms with Crippen LogP contribution in [0.25, 0.3) is 0 Å². The molecule has 0 spiro atoms. The van der Waals surface area contributed by atoms with Crippen molar-refractivity contribution in [3.05, 3.63) is 29.7 Å². The highest BCUT2D eigenvalue weighted by Crippen LogP contribution is 2.23. The second-order valence-corrected chi connectivity index (χ2v) is 4.06. The van der Waals surface area contributed by atoms with Crippen LogP contribution < -0.4 is 5.73 Å². The molecule has 2 aromatic heterocycles. The van der Waals surface area contributed by atoms with Gasteiger partial charge in [0.1, 0.15) is 11.4 Å². The van der Waals surface area contributed by atoms with Crippen LogP contribution in [0.4, 0.5) is 0 Å². The molecule has 0 aliphatic heterocycles. The molecule has 0 fully saturated rings. The fourth-order valence-electron chi connectivity index (χ4n) is 1.22. The predicted octanol–water partition coefficient (Wildman–Crippen LogP) is 1.12. The lowest BCUT2D eigenvalue weighted by Gasteiger charge is -2.02. The van der Waals surface area contributed by atoms with Crippen LogP contribution in [0.2, 0.25) is 0 Å². The van der Waals surface area contributed by atoms with Gasteiger partial charge in [-0.05, 0) is 36.4 Å². The van der Waals surface area contributed by atoms with Gasteiger partial charge in [-0.3, -0.25) is 5.10 Å². The fraction of sp³-hybridized carbons (Fsp3) is 0.222. The summed E-state index contributed by atoms with van der Waals surface area (Å²) in [6, 6.07) is 3.94. The number of pyridine rings is 1. The number of nitrogens with zero attached hydrogens (tertiary/aromatic N) is 3. The lowest BCUT2D eigenvalue weighted by Crippen LogP contribution is -1.98. The number of hydrogen-bond acceptors (Lipinski definition) is 5. The van der Waals surface area contributed by atoms with Crippen LogP contribution in [0.15, 0.2) is 28.6 Å². The van der Waals surface area contributed by atoms with E-state index in [4.69, 9.17) is 5.73 Å². The summed E-state index contributed by atoms with van der Waals surface area (Å²) in [6.45, 7) is 2.47. The smallest absolute Gasteiger partial charge is 0.189 e. The van der Waals surface area contributed by atoms with Crippen molar-refractivity contribution in [2.75, 3.05) is 0 Å². The molecule has 0 radical (unpaired) electrons. The fourth-order valence-corrected chi connectivity index (χ4v) is 2.02. The van der Waals surface area contributed by atoms with Gasteiger partial charge >= 0.3 is 0 Å². The Labute approximate surface area is 91.5 Å². The van der Waals surface area contributed by atoms with Gasteiger partial charge in [-0.15, -0.1) is 0 Å². The van der Waals surface area contributed by atoms with Crippen molar-refractivity contribution in [3.8, 4) is 0 Å². The van der Waals surface area contributed by atoms with E-state index >= 15 is 0 Å². The summed E-state index contributed by atoms with van der Waals surface area (Å²) in [5.74, 6) is 0. The summed E-state index contributed by atoms with van der Waals surface area (Å²) in [7, 11) is 0. The number of aromatic amines is 1. The van der Waals surface area contributed by atoms with Crippen LogP contribution in [0.1, 0.15) is 11.3 Å². The molecule has 78 valence electrons. The van der Waals surface area contributed by atoms with E-state index in [2.05, 4.69) is 20.2 Å². The topological polar surface area (TPSA) is 80.5 Å². The van der Waals surface area contributed by atoms with Gasteiger partial charge in [0.15, 0.2) is 5.16 Å². The predicted molar refractivity (Wildman–Crippen MR) is 57.4 cm³/mol. The van der Waals surface area contributed by atoms with Crippen LogP contribution in [0.5, 0.6) is 0 Å². The Hall–Kier alpha value is -1.40. The number of aryl methyl sites for hydroxylation is 1. The second kappa shape index (κ2) is 4.41. The Balaban J connectivity index is 2.24. The molecule has 2 rings (SSSR count). The van der Waals surface area contributed by atoms with Crippen molar-refractivity contribution in [1.29, 1.82) is 0 Å². The number of nitrogens with two attached hydrogens (primary N) is 1. The number of aromatic nitrogens is 4. The average Bonchev–Trinajstić information content (AvgIpc) is 2.69. The van der Waals surface area contributed by atoms with Crippen molar-refractivity contribution < 1.29 is 0 Å². The Bertz CT molecular complexity index is 440. The van der Waals surface area contributed by atoms with E-state index in [0.29, 0.717) is 6.54 Å². The molecule has 0 amide bonds. The van der Waals surface area contributed by atoms with Crippen LogP contribution in [-0.4, -0.2) is 20.2 Å². The van der Waals surface area contributed by atoms with E-state index < -0.39 is 0 Å². The van der Waals surface area contributed by atoms with Gasteiger partial charge in [-0.25, -0.2) is 9.97 Å². The highest BCUT2D eigenvalue weighted by atomic mass is 32.2. The van der Waals surface area contributed by atoms with Crippen molar-refractivity contribution in [1.82, 2.24) is 20.2 Å². The number of H-pyrrole nitrogens is 1. The third-order valence-corrected chi connectivity index (χ3v) is 2.63. The molecule has 0 atom stereocenters. The largest absolute Gasteiger partial charge is 0.326 e. The minimum Gasteiger partial charge on any atom is -0.326 e. The van der Waals surface area contributed by atoms with E-state index in [0.717, 1.165) is 21.4 Å². The Kier molecular flexibility index (Phi) is 2.98. The first-order valence-electron chi connectivity index (χ1n) is 4.49. The maximum atomic E-state index is 5.59. The minimum atomic E-state index is 0.521. The molecule has 3 N–H and O–H groups in total. The summed E-state index contributed by atoms with van der Waals surface area (Å²) < 4.78 is 0. The summed E-state index contributed by atoms with van der Waals surface area (Å²) in [6.07, 6.45) is 1.47. The molecule has 2 aromatic rings. The summed E-state index contributed by atoms with van der Waals surface area (Å²) in [5, 5.41) is 8.16. The third kappa shape index (κ3) is 2.54. The molecule has 0 bridgehead atoms. The second-order valence-electron chi connectivity index (χ2n) is 3.05. The SMILES string of the molecule is Cc1cc(CN)cc(Sc2ncn[nH]2)n1. The van der Waals surface area contributed by atoms with E-state index in [9.17, 15) is 0 Å². The van der Waals surface area contributed by atoms with Gasteiger partial charge in [0.05, 0.1) is 0 Å². The van der Waals surface area contributed by atoms with Gasteiger partial charge < -0.3 is 5.73 Å². The minimum absolute atomic E-state index is 0.521. The maximum Gasteiger partial charge on any atom is 0.189 e. The van der Waals surface area contributed by atoms with E-state index in [1.54, 1.807) is 0 Å². The zero-order chi connectivity index (χ0) is 10.7. The van der Waals surface area contributed by atoms with Gasteiger partial charge in [0.25, 0.3) is 0 Å². The number of nitrogens with one attached hydrogen (secondary N) is 1. The molecule has 6 heteroatoms. The van der Waals surface area contributed by atoms with Crippen molar-refractivity contribution in [2.45, 2.75) is 23.7 Å². The molecule has 5 nitrogen and oxygen atoms in total. The van der Waals surface area contributed by atoms with Crippen LogP contribution >= 0.6 is 11.8 Å². The Morgan fingerprint density at radius 2 is 2.33 bits per heavy atom. The van der Waals surface area contributed by atoms with Crippen LogP contribution in [0.3, 0.4) is 0 Å².